The molecule has 35 heavy (non-hydrogen) atoms. The van der Waals surface area contributed by atoms with Gasteiger partial charge in [0.2, 0.25) is 5.89 Å². The Morgan fingerprint density at radius 2 is 2.09 bits per heavy atom. The summed E-state index contributed by atoms with van der Waals surface area (Å²) in [6, 6.07) is 3.54. The minimum absolute atomic E-state index is 0.0713. The summed E-state index contributed by atoms with van der Waals surface area (Å²) in [6.07, 6.45) is 1.69. The van der Waals surface area contributed by atoms with Gasteiger partial charge in [-0.25, -0.2) is 9.78 Å². The van der Waals surface area contributed by atoms with Crippen molar-refractivity contribution in [1.82, 2.24) is 14.8 Å². The minimum atomic E-state index is -3.00. The number of rotatable bonds is 8. The van der Waals surface area contributed by atoms with Crippen LogP contribution in [0.3, 0.4) is 0 Å². The highest BCUT2D eigenvalue weighted by atomic mass is 19.3. The number of nitrogens with zero attached hydrogens (tertiary/aromatic N) is 3. The fourth-order valence-electron chi connectivity index (χ4n) is 4.18. The van der Waals surface area contributed by atoms with Crippen LogP contribution in [0.1, 0.15) is 42.1 Å². The summed E-state index contributed by atoms with van der Waals surface area (Å²) in [4.78, 5) is 32.7. The largest absolute Gasteiger partial charge is 0.489 e. The fourth-order valence-corrected chi connectivity index (χ4v) is 4.18. The molecule has 188 valence electrons. The number of ether oxygens (including phenoxy) is 3. The Labute approximate surface area is 199 Å². The number of halogens is 2. The topological polar surface area (TPSA) is 120 Å². The first-order valence-electron chi connectivity index (χ1n) is 11.5. The summed E-state index contributed by atoms with van der Waals surface area (Å²) in [6.45, 7) is 0.286. The van der Waals surface area contributed by atoms with E-state index in [9.17, 15) is 18.4 Å². The van der Waals surface area contributed by atoms with Crippen LogP contribution in [0.25, 0.3) is 11.5 Å². The molecule has 1 aliphatic carbocycles. The first-order valence-corrected chi connectivity index (χ1v) is 11.5. The van der Waals surface area contributed by atoms with Gasteiger partial charge in [-0.2, -0.15) is 8.78 Å². The predicted molar refractivity (Wildman–Crippen MR) is 117 cm³/mol. The maximum atomic E-state index is 13.3. The molecule has 2 amide bonds. The molecule has 3 aliphatic rings. The molecule has 0 bridgehead atoms. The van der Waals surface area contributed by atoms with Crippen molar-refractivity contribution in [1.29, 1.82) is 0 Å². The van der Waals surface area contributed by atoms with Crippen molar-refractivity contribution in [3.63, 3.8) is 0 Å². The molecule has 2 aliphatic heterocycles. The summed E-state index contributed by atoms with van der Waals surface area (Å²) < 4.78 is 47.0. The Morgan fingerprint density at radius 1 is 1.29 bits per heavy atom. The van der Waals surface area contributed by atoms with E-state index in [0.29, 0.717) is 37.7 Å². The number of hydrogen-bond acceptors (Lipinski definition) is 8. The highest BCUT2D eigenvalue weighted by Crippen LogP contribution is 2.37. The number of nitrogens with two attached hydrogens (primary N) is 1. The van der Waals surface area contributed by atoms with Gasteiger partial charge < -0.3 is 29.3 Å². The summed E-state index contributed by atoms with van der Waals surface area (Å²) in [5.41, 5.74) is 6.57. The van der Waals surface area contributed by atoms with Crippen molar-refractivity contribution in [2.24, 2.45) is 11.7 Å². The van der Waals surface area contributed by atoms with Gasteiger partial charge in [-0.15, -0.1) is 0 Å². The highest BCUT2D eigenvalue weighted by molar-refractivity contribution is 5.94. The first-order chi connectivity index (χ1) is 16.8. The molecule has 1 saturated carbocycles. The number of benzene rings is 1. The third-order valence-electron chi connectivity index (χ3n) is 6.25. The predicted octanol–water partition coefficient (Wildman–Crippen LogP) is 3.03. The second-order valence-electron chi connectivity index (χ2n) is 8.99. The number of carbonyl (C=O) groups excluding carboxylic acids is 2. The molecular weight excluding hydrogens is 466 g/mol. The Hall–Kier alpha value is -3.41. The SMILES string of the molecule is C[C@H](N)c1oc(-c2ccc(OC(F)F)c(OCC3CC3)c2)nc1C(=O)N1CCN2C(=O)OCC2C1. The molecule has 3 heterocycles. The lowest BCUT2D eigenvalue weighted by molar-refractivity contribution is -0.0515. The third kappa shape index (κ3) is 4.88. The van der Waals surface area contributed by atoms with Gasteiger partial charge in [0, 0.05) is 25.2 Å². The zero-order chi connectivity index (χ0) is 24.7. The molecule has 5 rings (SSSR count). The van der Waals surface area contributed by atoms with Crippen molar-refractivity contribution < 1.29 is 37.0 Å². The number of amides is 2. The van der Waals surface area contributed by atoms with Crippen LogP contribution >= 0.6 is 0 Å². The van der Waals surface area contributed by atoms with E-state index in [1.54, 1.807) is 16.7 Å². The van der Waals surface area contributed by atoms with Crippen molar-refractivity contribution in [3.8, 4) is 23.0 Å². The van der Waals surface area contributed by atoms with Crippen LogP contribution in [-0.2, 0) is 4.74 Å². The van der Waals surface area contributed by atoms with Crippen molar-refractivity contribution in [3.05, 3.63) is 29.7 Å². The van der Waals surface area contributed by atoms with E-state index in [1.807, 2.05) is 0 Å². The van der Waals surface area contributed by atoms with E-state index in [0.717, 1.165) is 12.8 Å². The van der Waals surface area contributed by atoms with Gasteiger partial charge >= 0.3 is 12.7 Å². The van der Waals surface area contributed by atoms with Crippen molar-refractivity contribution in [2.75, 3.05) is 32.8 Å². The van der Waals surface area contributed by atoms with Gasteiger partial charge in [0.1, 0.15) is 6.61 Å². The molecular formula is C23H26F2N4O6. The van der Waals surface area contributed by atoms with Crippen LogP contribution in [0.5, 0.6) is 11.5 Å². The molecule has 1 aromatic carbocycles. The van der Waals surface area contributed by atoms with E-state index in [2.05, 4.69) is 9.72 Å². The second-order valence-corrected chi connectivity index (χ2v) is 8.99. The van der Waals surface area contributed by atoms with Gasteiger partial charge in [-0.3, -0.25) is 9.69 Å². The standard InChI is InChI=1S/C23H26F2N4O6/c1-12(26)19-18(21(30)28-6-7-29-15(9-28)11-33-23(29)31)27-20(35-19)14-4-5-16(34-22(24)25)17(8-14)32-10-13-2-3-13/h4-5,8,12-13,15,22H,2-3,6-7,9-11,26H2,1H3/t12-,15?/m0/s1. The number of carbonyl (C=O) groups is 2. The van der Waals surface area contributed by atoms with E-state index in [1.165, 1.54) is 18.2 Å². The van der Waals surface area contributed by atoms with E-state index in [4.69, 9.17) is 19.6 Å². The Kier molecular flexibility index (Phi) is 6.22. The zero-order valence-electron chi connectivity index (χ0n) is 19.1. The molecule has 2 aromatic rings. The lowest BCUT2D eigenvalue weighted by Crippen LogP contribution is -2.53. The van der Waals surface area contributed by atoms with Crippen molar-refractivity contribution in [2.45, 2.75) is 38.5 Å². The average Bonchev–Trinajstić information content (AvgIpc) is 3.43. The van der Waals surface area contributed by atoms with Gasteiger partial charge in [0.15, 0.2) is 23.0 Å². The molecule has 10 nitrogen and oxygen atoms in total. The molecule has 2 atom stereocenters. The van der Waals surface area contributed by atoms with Crippen LogP contribution in [0.2, 0.25) is 0 Å². The van der Waals surface area contributed by atoms with Gasteiger partial charge in [-0.05, 0) is 43.9 Å². The molecule has 1 unspecified atom stereocenters. The lowest BCUT2D eigenvalue weighted by Gasteiger charge is -2.35. The van der Waals surface area contributed by atoms with Gasteiger partial charge in [-0.1, -0.05) is 0 Å². The molecule has 1 aromatic heterocycles. The van der Waals surface area contributed by atoms with Crippen LogP contribution in [0, 0.1) is 5.92 Å². The molecule has 12 heteroatoms. The number of cyclic esters (lactones) is 1. The summed E-state index contributed by atoms with van der Waals surface area (Å²) >= 11 is 0. The lowest BCUT2D eigenvalue weighted by atomic mass is 10.1. The minimum Gasteiger partial charge on any atom is -0.489 e. The number of alkyl halides is 2. The number of oxazole rings is 1. The Bertz CT molecular complexity index is 1120. The maximum absolute atomic E-state index is 13.3. The van der Waals surface area contributed by atoms with E-state index in [-0.39, 0.29) is 53.5 Å². The highest BCUT2D eigenvalue weighted by Gasteiger charge is 2.40. The van der Waals surface area contributed by atoms with Crippen LogP contribution in [0.15, 0.2) is 22.6 Å². The molecule has 0 spiro atoms. The quantitative estimate of drug-likeness (QED) is 0.597. The van der Waals surface area contributed by atoms with Crippen LogP contribution < -0.4 is 15.2 Å². The number of aromatic nitrogens is 1. The Balaban J connectivity index is 1.41. The normalized spacial score (nSPS) is 20.6. The van der Waals surface area contributed by atoms with E-state index >= 15 is 0 Å². The molecule has 2 N–H and O–H groups in total. The average molecular weight is 492 g/mol. The second kappa shape index (κ2) is 9.33. The summed E-state index contributed by atoms with van der Waals surface area (Å²) in [7, 11) is 0. The monoisotopic (exact) mass is 492 g/mol. The first kappa shape index (κ1) is 23.3. The number of hydrogen-bond donors (Lipinski definition) is 1. The molecule has 0 radical (unpaired) electrons. The maximum Gasteiger partial charge on any atom is 0.410 e. The van der Waals surface area contributed by atoms with Crippen molar-refractivity contribution >= 4 is 12.0 Å². The molecule has 2 saturated heterocycles. The van der Waals surface area contributed by atoms with E-state index < -0.39 is 12.7 Å². The zero-order valence-corrected chi connectivity index (χ0v) is 19.1. The molecule has 3 fully saturated rings. The third-order valence-corrected chi connectivity index (χ3v) is 6.25. The van der Waals surface area contributed by atoms with Crippen LogP contribution in [0.4, 0.5) is 13.6 Å². The fraction of sp³-hybridized carbons (Fsp3) is 0.522. The van der Waals surface area contributed by atoms with Gasteiger partial charge in [0.25, 0.3) is 5.91 Å². The smallest absolute Gasteiger partial charge is 0.410 e. The Morgan fingerprint density at radius 3 is 2.80 bits per heavy atom. The summed E-state index contributed by atoms with van der Waals surface area (Å²) in [5.74, 6) is 0.401. The van der Waals surface area contributed by atoms with Gasteiger partial charge in [0.05, 0.1) is 18.7 Å². The summed E-state index contributed by atoms with van der Waals surface area (Å²) in [5, 5.41) is 0. The van der Waals surface area contributed by atoms with Crippen LogP contribution in [-0.4, -0.2) is 72.3 Å². The number of piperazine rings is 1. The number of fused-ring (bicyclic) bond motifs is 1.